The van der Waals surface area contributed by atoms with Gasteiger partial charge in [0.05, 0.1) is 0 Å². The van der Waals surface area contributed by atoms with Gasteiger partial charge in [-0.3, -0.25) is 0 Å². The normalized spacial score (nSPS) is 50.3. The molecule has 0 heterocycles. The summed E-state index contributed by atoms with van der Waals surface area (Å²) in [4.78, 5) is 40.3. The number of ketones is 2. The van der Waals surface area contributed by atoms with Crippen molar-refractivity contribution in [1.29, 1.82) is 0 Å². The van der Waals surface area contributed by atoms with Gasteiger partial charge in [-0.25, -0.2) is 0 Å². The number of halogens is 4. The van der Waals surface area contributed by atoms with Gasteiger partial charge in [0.25, 0.3) is 0 Å². The number of Topliss-reactive ketones (excluding diaryl/α,β-unsaturated/α-hetero) is 1. The Kier molecular flexibility index (Phi) is 7.96. The number of alkyl halides is 4. The molecule has 0 aromatic carbocycles. The maximum absolute atomic E-state index is 14.7. The molecule has 0 saturated heterocycles. The predicted molar refractivity (Wildman–Crippen MR) is 172 cm³/mol. The number of rotatable bonds is 4. The van der Waals surface area contributed by atoms with Gasteiger partial charge >= 0.3 is 282 Å². The summed E-state index contributed by atoms with van der Waals surface area (Å²) in [6.45, 7) is 10.8. The third-order valence-electron chi connectivity index (χ3n) is 11.5. The predicted octanol–water partition coefficient (Wildman–Crippen LogP) is 4.73. The van der Waals surface area contributed by atoms with Gasteiger partial charge in [-0.2, -0.15) is 0 Å². The number of aliphatic hydroxyl groups is 1. The van der Waals surface area contributed by atoms with Crippen molar-refractivity contribution >= 4 is 83.1 Å². The Morgan fingerprint density at radius 2 is 1.71 bits per heavy atom. The van der Waals surface area contributed by atoms with Crippen molar-refractivity contribution in [2.45, 2.75) is 96.3 Å². The number of carbonyl (C=O) groups is 3. The van der Waals surface area contributed by atoms with Gasteiger partial charge in [0.15, 0.2) is 0 Å². The molecule has 5 aliphatic rings. The maximum atomic E-state index is 14.7. The van der Waals surface area contributed by atoms with Gasteiger partial charge < -0.3 is 0 Å². The average molecular weight is 971 g/mol. The Bertz CT molecular complexity index is 1160. The fourth-order valence-electron chi connectivity index (χ4n) is 9.58. The average Bonchev–Trinajstić information content (AvgIpc) is 2.85. The minimum absolute atomic E-state index is 0.0374. The zero-order valence-electron chi connectivity index (χ0n) is 22.9. The first-order chi connectivity index (χ1) is 17.6. The van der Waals surface area contributed by atoms with Crippen LogP contribution in [0.3, 0.4) is 0 Å². The molecule has 0 bridgehead atoms. The molecular weight excluding hydrogens is 932 g/mol. The molecule has 212 valence electrons. The second-order valence-electron chi connectivity index (χ2n) is 13.2. The molecule has 5 rings (SSSR count). The summed E-state index contributed by atoms with van der Waals surface area (Å²) in [6.07, 6.45) is 11.8. The number of hydrogen-bond acceptors (Lipinski definition) is 4. The molecule has 9 unspecified atom stereocenters. The van der Waals surface area contributed by atoms with E-state index in [-0.39, 0.29) is 43.4 Å². The van der Waals surface area contributed by atoms with Crippen LogP contribution in [0.25, 0.3) is 0 Å². The molecule has 0 amide bonds. The zero-order valence-corrected chi connectivity index (χ0v) is 31.6. The Balaban J connectivity index is 1.68. The van der Waals surface area contributed by atoms with Gasteiger partial charge in [-0.05, 0) is 0 Å². The molecule has 0 spiro atoms. The molecule has 0 aliphatic heterocycles. The molecular formula is C30H39I4O4-. The molecule has 0 radical (unpaired) electrons. The van der Waals surface area contributed by atoms with Crippen LogP contribution in [0.15, 0.2) is 23.5 Å². The van der Waals surface area contributed by atoms with E-state index in [1.807, 2.05) is 19.9 Å². The number of allylic oxidation sites excluding steroid dienone is 4. The van der Waals surface area contributed by atoms with E-state index in [9.17, 15) is 19.5 Å². The summed E-state index contributed by atoms with van der Waals surface area (Å²) in [5.41, 5.74) is 0.462. The topological polar surface area (TPSA) is 71.4 Å². The molecule has 38 heavy (non-hydrogen) atoms. The second kappa shape index (κ2) is 9.87. The van der Waals surface area contributed by atoms with E-state index in [0.29, 0.717) is 16.1 Å². The van der Waals surface area contributed by atoms with Crippen molar-refractivity contribution in [3.05, 3.63) is 23.5 Å². The van der Waals surface area contributed by atoms with Crippen molar-refractivity contribution < 1.29 is 40.7 Å². The third-order valence-corrected chi connectivity index (χ3v) is 22.4. The van der Waals surface area contributed by atoms with Crippen molar-refractivity contribution in [2.75, 3.05) is 4.43 Å². The van der Waals surface area contributed by atoms with E-state index in [0.717, 1.165) is 48.5 Å². The third kappa shape index (κ3) is 3.81. The van der Waals surface area contributed by atoms with Crippen LogP contribution < -0.4 is 21.2 Å². The summed E-state index contributed by atoms with van der Waals surface area (Å²) in [5, 5.41) is 10.8. The van der Waals surface area contributed by atoms with Crippen LogP contribution in [0.2, 0.25) is 0 Å². The Morgan fingerprint density at radius 3 is 2.37 bits per heavy atom. The number of aliphatic hydroxyl groups excluding tert-OH is 1. The van der Waals surface area contributed by atoms with Crippen LogP contribution >= 0.6 is 67.8 Å². The van der Waals surface area contributed by atoms with Crippen LogP contribution in [0.4, 0.5) is 0 Å². The van der Waals surface area contributed by atoms with Crippen LogP contribution in [0, 0.1) is 34.0 Å². The van der Waals surface area contributed by atoms with Crippen molar-refractivity contribution in [1.82, 2.24) is 0 Å². The van der Waals surface area contributed by atoms with Gasteiger partial charge in [0.1, 0.15) is 0 Å². The van der Waals surface area contributed by atoms with E-state index >= 15 is 0 Å². The Hall–Kier alpha value is 1.21. The quantitative estimate of drug-likeness (QED) is 0.252. The summed E-state index contributed by atoms with van der Waals surface area (Å²) in [5.74, 6) is 0.528. The van der Waals surface area contributed by atoms with Crippen LogP contribution in [-0.2, 0) is 14.4 Å². The van der Waals surface area contributed by atoms with Gasteiger partial charge in [-0.1, -0.05) is 0 Å². The molecule has 3 fully saturated rings. The first-order valence-corrected chi connectivity index (χ1v) is 19.8. The van der Waals surface area contributed by atoms with E-state index in [4.69, 9.17) is 0 Å². The molecule has 3 saturated carbocycles. The zero-order chi connectivity index (χ0) is 28.1. The number of hydrogen-bond donors (Lipinski definition) is 1. The SMILES string of the molecule is CCC(=O)[I-]CC12CCCC(C)C1(I)C1(I)C(=O)C=C3C4(C)C=C(O)C(=O)C(C)(I)C4CCC3(C)C1CC2. The summed E-state index contributed by atoms with van der Waals surface area (Å²) < 4.78 is -0.000575. The first-order valence-electron chi connectivity index (χ1n) is 14.0. The number of fused-ring (bicyclic) bond motifs is 7. The molecule has 9 atom stereocenters. The Labute approximate surface area is 278 Å². The van der Waals surface area contributed by atoms with Gasteiger partial charge in [0.2, 0.25) is 0 Å². The van der Waals surface area contributed by atoms with Crippen LogP contribution in [-0.4, -0.2) is 35.2 Å². The van der Waals surface area contributed by atoms with Crippen molar-refractivity contribution in [3.63, 3.8) is 0 Å². The molecule has 1 N–H and O–H groups in total. The van der Waals surface area contributed by atoms with E-state index in [2.05, 4.69) is 88.5 Å². The van der Waals surface area contributed by atoms with E-state index in [1.54, 1.807) is 6.08 Å². The Morgan fingerprint density at radius 1 is 1.05 bits per heavy atom. The van der Waals surface area contributed by atoms with Crippen LogP contribution in [0.1, 0.15) is 86.0 Å². The molecule has 4 nitrogen and oxygen atoms in total. The fourth-order valence-corrected chi connectivity index (χ4v) is 18.5. The molecule has 5 aliphatic carbocycles. The van der Waals surface area contributed by atoms with Gasteiger partial charge in [-0.15, -0.1) is 0 Å². The van der Waals surface area contributed by atoms with Crippen molar-refractivity contribution in [3.8, 4) is 0 Å². The molecule has 0 aromatic heterocycles. The van der Waals surface area contributed by atoms with Crippen LogP contribution in [0.5, 0.6) is 0 Å². The van der Waals surface area contributed by atoms with E-state index in [1.165, 1.54) is 6.42 Å². The second-order valence-corrected chi connectivity index (χ2v) is 21.6. The monoisotopic (exact) mass is 971 g/mol. The summed E-state index contributed by atoms with van der Waals surface area (Å²) in [7, 11) is 0. The van der Waals surface area contributed by atoms with Gasteiger partial charge in [0, 0.05) is 0 Å². The molecule has 8 heteroatoms. The summed E-state index contributed by atoms with van der Waals surface area (Å²) >= 11 is 7.06. The van der Waals surface area contributed by atoms with Crippen molar-refractivity contribution in [2.24, 2.45) is 34.0 Å². The number of carbonyl (C=O) groups excluding carboxylic acids is 3. The minimum atomic E-state index is -0.699. The fraction of sp³-hybridized carbons (Fsp3) is 0.767. The standard InChI is InChI=1S/C30H39I4O4/c1-6-23(37)34-16-28-11-7-8-17(2)30(28,33)29(32)20(10-13-28)25(3)12-9-19-26(4,21(25)14-22(29)36)15-18(35)24(38)27(19,5)31/h14-15,17,19-20,35H,6-13,16H2,1-5H3/q-1. The molecule has 0 aromatic rings. The van der Waals surface area contributed by atoms with E-state index < -0.39 is 33.5 Å². The summed E-state index contributed by atoms with van der Waals surface area (Å²) in [6, 6.07) is 0. The first kappa shape index (κ1) is 30.7.